The van der Waals surface area contributed by atoms with Gasteiger partial charge < -0.3 is 33.4 Å². The summed E-state index contributed by atoms with van der Waals surface area (Å²) in [6.07, 6.45) is -0.409. The van der Waals surface area contributed by atoms with Crippen molar-refractivity contribution >= 4 is 29.0 Å². The van der Waals surface area contributed by atoms with E-state index in [2.05, 4.69) is 5.32 Å². The van der Waals surface area contributed by atoms with Crippen LogP contribution in [0.25, 0.3) is 22.1 Å². The summed E-state index contributed by atoms with van der Waals surface area (Å²) in [5.41, 5.74) is 2.49. The van der Waals surface area contributed by atoms with E-state index in [1.807, 2.05) is 48.5 Å². The van der Waals surface area contributed by atoms with Gasteiger partial charge in [0.05, 0.1) is 24.2 Å². The molecule has 6 rings (SSSR count). The van der Waals surface area contributed by atoms with E-state index >= 15 is 0 Å². The number of esters is 2. The van der Waals surface area contributed by atoms with E-state index < -0.39 is 24.1 Å². The third kappa shape index (κ3) is 8.48. The highest BCUT2D eigenvalue weighted by atomic mass is 16.6. The molecule has 1 atom stereocenters. The average Bonchev–Trinajstić information content (AvgIpc) is 3.37. The van der Waals surface area contributed by atoms with Crippen LogP contribution in [0, 0.1) is 6.92 Å². The number of hydrogen-bond acceptors (Lipinski definition) is 10. The monoisotopic (exact) mass is 677 g/mol. The van der Waals surface area contributed by atoms with Gasteiger partial charge in [0.2, 0.25) is 5.43 Å². The molecule has 0 aliphatic carbocycles. The first-order chi connectivity index (χ1) is 24.3. The zero-order chi connectivity index (χ0) is 34.9. The van der Waals surface area contributed by atoms with E-state index in [4.69, 9.17) is 28.1 Å². The quantitative estimate of drug-likeness (QED) is 0.119. The van der Waals surface area contributed by atoms with Crippen molar-refractivity contribution in [2.75, 3.05) is 13.2 Å². The zero-order valence-corrected chi connectivity index (χ0v) is 27.3. The van der Waals surface area contributed by atoms with Crippen LogP contribution in [0.4, 0.5) is 4.79 Å². The van der Waals surface area contributed by atoms with Gasteiger partial charge in [0, 0.05) is 18.9 Å². The molecule has 2 heterocycles. The van der Waals surface area contributed by atoms with Crippen LogP contribution < -0.4 is 25.0 Å². The van der Waals surface area contributed by atoms with E-state index in [1.165, 1.54) is 18.2 Å². The number of nitrogens with one attached hydrogen (secondary N) is 1. The van der Waals surface area contributed by atoms with Crippen molar-refractivity contribution in [1.29, 1.82) is 0 Å². The van der Waals surface area contributed by atoms with Gasteiger partial charge in [-0.05, 0) is 54.3 Å². The molecule has 11 nitrogen and oxygen atoms in total. The molecule has 256 valence electrons. The second-order valence-corrected chi connectivity index (χ2v) is 11.6. The van der Waals surface area contributed by atoms with Gasteiger partial charge in [-0.1, -0.05) is 66.7 Å². The van der Waals surface area contributed by atoms with Crippen molar-refractivity contribution in [1.82, 2.24) is 5.32 Å². The Morgan fingerprint density at radius 3 is 2.20 bits per heavy atom. The van der Waals surface area contributed by atoms with Crippen LogP contribution in [0.3, 0.4) is 0 Å². The van der Waals surface area contributed by atoms with Gasteiger partial charge in [-0.15, -0.1) is 0 Å². The molecule has 0 saturated heterocycles. The van der Waals surface area contributed by atoms with Gasteiger partial charge >= 0.3 is 18.0 Å². The Bertz CT molecular complexity index is 2040. The number of carbonyl (C=O) groups is 3. The molecule has 1 aliphatic heterocycles. The molecule has 4 aromatic carbocycles. The lowest BCUT2D eigenvalue weighted by Gasteiger charge is -2.17. The largest absolute Gasteiger partial charge is 0.490 e. The summed E-state index contributed by atoms with van der Waals surface area (Å²) in [5, 5.41) is 2.78. The molecule has 50 heavy (non-hydrogen) atoms. The number of alkyl carbamates (subject to hydrolysis) is 1. The molecule has 1 aliphatic rings. The minimum atomic E-state index is -1.26. The van der Waals surface area contributed by atoms with Crippen molar-refractivity contribution in [3.05, 3.63) is 124 Å². The molecule has 5 aromatic rings. The van der Waals surface area contributed by atoms with Crippen molar-refractivity contribution in [3.63, 3.8) is 0 Å². The zero-order valence-electron chi connectivity index (χ0n) is 27.3. The number of benzene rings is 4. The third-order valence-electron chi connectivity index (χ3n) is 7.96. The van der Waals surface area contributed by atoms with Gasteiger partial charge in [-0.2, -0.15) is 0 Å². The van der Waals surface area contributed by atoms with E-state index in [0.717, 1.165) is 17.5 Å². The minimum Gasteiger partial charge on any atom is -0.490 e. The molecule has 0 unspecified atom stereocenters. The van der Waals surface area contributed by atoms with E-state index in [1.54, 1.807) is 37.3 Å². The SMILES string of the molecule is Cc1oc2cc(OC(=O)[C@H](CCC(=O)OCc3ccccc3)NC(=O)OCc3ccccc3)ccc2c(=O)c1-c1ccc2c(c1)OCCCO2. The summed E-state index contributed by atoms with van der Waals surface area (Å²) >= 11 is 0. The van der Waals surface area contributed by atoms with E-state index in [9.17, 15) is 19.2 Å². The number of hydrogen-bond donors (Lipinski definition) is 1. The van der Waals surface area contributed by atoms with Crippen LogP contribution in [-0.2, 0) is 32.3 Å². The first-order valence-corrected chi connectivity index (χ1v) is 16.2. The number of aryl methyl sites for hydroxylation is 1. The summed E-state index contributed by atoms with van der Waals surface area (Å²) < 4.78 is 33.8. The highest BCUT2D eigenvalue weighted by Crippen LogP contribution is 2.35. The number of fused-ring (bicyclic) bond motifs is 2. The Labute approximate surface area is 287 Å². The highest BCUT2D eigenvalue weighted by molar-refractivity contribution is 5.87. The van der Waals surface area contributed by atoms with E-state index in [-0.39, 0.29) is 48.2 Å². The number of amides is 1. The normalized spacial score (nSPS) is 12.7. The third-order valence-corrected chi connectivity index (χ3v) is 7.96. The molecule has 1 aromatic heterocycles. The lowest BCUT2D eigenvalue weighted by atomic mass is 10.0. The predicted molar refractivity (Wildman–Crippen MR) is 183 cm³/mol. The van der Waals surface area contributed by atoms with Crippen LogP contribution in [0.15, 0.2) is 106 Å². The minimum absolute atomic E-state index is 0.0230. The molecule has 11 heteroatoms. The Balaban J connectivity index is 1.17. The van der Waals surface area contributed by atoms with Crippen LogP contribution in [0.1, 0.15) is 36.1 Å². The van der Waals surface area contributed by atoms with Crippen LogP contribution >= 0.6 is 0 Å². The van der Waals surface area contributed by atoms with Crippen molar-refractivity contribution in [2.45, 2.75) is 45.4 Å². The highest BCUT2D eigenvalue weighted by Gasteiger charge is 2.26. The van der Waals surface area contributed by atoms with Gasteiger partial charge in [-0.3, -0.25) is 9.59 Å². The fraction of sp³-hybridized carbons (Fsp3) is 0.231. The van der Waals surface area contributed by atoms with Crippen molar-refractivity contribution in [3.8, 4) is 28.4 Å². The Morgan fingerprint density at radius 2 is 1.48 bits per heavy atom. The lowest BCUT2D eigenvalue weighted by Crippen LogP contribution is -2.43. The molecule has 0 bridgehead atoms. The maximum Gasteiger partial charge on any atom is 0.408 e. The number of carbonyl (C=O) groups excluding carboxylic acids is 3. The van der Waals surface area contributed by atoms with Crippen molar-refractivity contribution < 1.29 is 42.5 Å². The second kappa shape index (κ2) is 15.9. The van der Waals surface area contributed by atoms with Crippen LogP contribution in [0.5, 0.6) is 17.2 Å². The molecular formula is C39H35NO10. The Morgan fingerprint density at radius 1 is 0.800 bits per heavy atom. The summed E-state index contributed by atoms with van der Waals surface area (Å²) in [5.74, 6) is 0.192. The predicted octanol–water partition coefficient (Wildman–Crippen LogP) is 6.65. The first kappa shape index (κ1) is 33.8. The Kier molecular flexibility index (Phi) is 10.7. The van der Waals surface area contributed by atoms with Crippen LogP contribution in [-0.4, -0.2) is 37.3 Å². The molecule has 0 saturated carbocycles. The summed E-state index contributed by atoms with van der Waals surface area (Å²) in [6, 6.07) is 26.7. The number of rotatable bonds is 11. The molecule has 0 spiro atoms. The van der Waals surface area contributed by atoms with Gasteiger partial charge in [0.1, 0.15) is 36.3 Å². The lowest BCUT2D eigenvalue weighted by molar-refractivity contribution is -0.145. The number of ether oxygens (including phenoxy) is 5. The average molecular weight is 678 g/mol. The van der Waals surface area contributed by atoms with Gasteiger partial charge in [0.15, 0.2) is 11.5 Å². The Hall–Kier alpha value is -6.10. The van der Waals surface area contributed by atoms with E-state index in [0.29, 0.717) is 41.6 Å². The smallest absolute Gasteiger partial charge is 0.408 e. The summed E-state index contributed by atoms with van der Waals surface area (Å²) in [6.45, 7) is 2.78. The fourth-order valence-electron chi connectivity index (χ4n) is 5.42. The first-order valence-electron chi connectivity index (χ1n) is 16.2. The summed E-state index contributed by atoms with van der Waals surface area (Å²) in [4.78, 5) is 52.3. The molecule has 0 radical (unpaired) electrons. The maximum absolute atomic E-state index is 13.7. The molecule has 0 fully saturated rings. The molecule has 1 N–H and O–H groups in total. The second-order valence-electron chi connectivity index (χ2n) is 11.6. The van der Waals surface area contributed by atoms with Gasteiger partial charge in [-0.25, -0.2) is 9.59 Å². The van der Waals surface area contributed by atoms with Crippen molar-refractivity contribution in [2.24, 2.45) is 0 Å². The maximum atomic E-state index is 13.7. The fourth-order valence-corrected chi connectivity index (χ4v) is 5.42. The topological polar surface area (TPSA) is 140 Å². The molecule has 1 amide bonds. The summed E-state index contributed by atoms with van der Waals surface area (Å²) in [7, 11) is 0. The van der Waals surface area contributed by atoms with Crippen LogP contribution in [0.2, 0.25) is 0 Å². The molecular weight excluding hydrogens is 642 g/mol. The standard InChI is InChI=1S/C39H35NO10/c1-25-36(28-13-17-32-34(21-28)46-20-8-19-45-32)37(42)30-15-14-29(22-33(30)49-25)50-38(43)31(40-39(44)48-24-27-11-6-3-7-12-27)16-18-35(41)47-23-26-9-4-2-5-10-26/h2-7,9-15,17,21-22,31H,8,16,18-20,23-24H2,1H3,(H,40,44)/t31-/m0/s1. The van der Waals surface area contributed by atoms with Gasteiger partial charge in [0.25, 0.3) is 0 Å².